The van der Waals surface area contributed by atoms with Crippen molar-refractivity contribution in [3.8, 4) is 0 Å². The van der Waals surface area contributed by atoms with Gasteiger partial charge in [0.15, 0.2) is 5.76 Å². The van der Waals surface area contributed by atoms with Crippen LogP contribution in [0.3, 0.4) is 0 Å². The lowest BCUT2D eigenvalue weighted by molar-refractivity contribution is -0.0232. The van der Waals surface area contributed by atoms with Gasteiger partial charge in [-0.25, -0.2) is 0 Å². The molecule has 0 aromatic rings. The lowest BCUT2D eigenvalue weighted by Crippen LogP contribution is -2.49. The van der Waals surface area contributed by atoms with E-state index in [1.54, 1.807) is 14.2 Å². The van der Waals surface area contributed by atoms with Crippen molar-refractivity contribution in [2.75, 3.05) is 40.2 Å². The van der Waals surface area contributed by atoms with Crippen LogP contribution >= 0.6 is 11.8 Å². The molecule has 0 radical (unpaired) electrons. The Balaban J connectivity index is 1.81. The number of thioether (sulfide) groups is 1. The van der Waals surface area contributed by atoms with Crippen LogP contribution in [0.2, 0.25) is 0 Å². The number of hydrogen-bond donors (Lipinski definition) is 0. The van der Waals surface area contributed by atoms with Crippen LogP contribution in [0, 0.1) is 5.41 Å². The molecule has 140 valence electrons. The minimum absolute atomic E-state index is 0.0427. The number of allylic oxidation sites excluding steroid dienone is 3. The maximum absolute atomic E-state index is 6.17. The zero-order chi connectivity index (χ0) is 18.1. The predicted molar refractivity (Wildman–Crippen MR) is 103 cm³/mol. The van der Waals surface area contributed by atoms with Crippen LogP contribution in [0.4, 0.5) is 0 Å². The molecule has 5 heteroatoms. The molecule has 0 N–H and O–H groups in total. The van der Waals surface area contributed by atoms with Gasteiger partial charge in [0.1, 0.15) is 10.7 Å². The third kappa shape index (κ3) is 3.38. The molecule has 25 heavy (non-hydrogen) atoms. The normalized spacial score (nSPS) is 36.6. The molecule has 1 aliphatic carbocycles. The van der Waals surface area contributed by atoms with E-state index in [4.69, 9.17) is 14.2 Å². The van der Waals surface area contributed by atoms with Gasteiger partial charge in [-0.05, 0) is 51.4 Å². The zero-order valence-corrected chi connectivity index (χ0v) is 16.8. The minimum Gasteiger partial charge on any atom is -0.498 e. The second kappa shape index (κ2) is 7.37. The second-order valence-corrected chi connectivity index (χ2v) is 8.84. The van der Waals surface area contributed by atoms with Crippen LogP contribution in [-0.4, -0.2) is 56.0 Å². The van der Waals surface area contributed by atoms with Crippen LogP contribution in [0.15, 0.2) is 35.8 Å². The highest BCUT2D eigenvalue weighted by molar-refractivity contribution is 8.00. The van der Waals surface area contributed by atoms with E-state index in [-0.39, 0.29) is 10.3 Å². The van der Waals surface area contributed by atoms with Crippen molar-refractivity contribution in [3.05, 3.63) is 35.8 Å². The van der Waals surface area contributed by atoms with Gasteiger partial charge in [0.05, 0.1) is 20.8 Å². The smallest absolute Gasteiger partial charge is 0.156 e. The summed E-state index contributed by atoms with van der Waals surface area (Å²) in [5.41, 5.74) is 1.36. The lowest BCUT2D eigenvalue weighted by Gasteiger charge is -2.48. The molecule has 2 saturated heterocycles. The molecular weight excluding hydrogens is 334 g/mol. The SMILES string of the molecule is C=C(/C=C\C(OC)=C(/C)OC)[C@@]12CCN(C)[C@@H]1CC1(CC2)OCCS1. The standard InChI is InChI=1S/C20H31NO3S/c1-15(6-7-17(23-5)16(2)22-4)19-8-9-20(24-12-13-25-20)14-18(19)21(3)11-10-19/h6-7,18H,1,8-14H2,2-5H3/b7-6-,17-16-/t18-,19-,20?/m1/s1. The van der Waals surface area contributed by atoms with Crippen molar-refractivity contribution in [3.63, 3.8) is 0 Å². The molecule has 3 fully saturated rings. The van der Waals surface area contributed by atoms with E-state index >= 15 is 0 Å². The molecule has 4 nitrogen and oxygen atoms in total. The van der Waals surface area contributed by atoms with Crippen molar-refractivity contribution in [2.45, 2.75) is 43.6 Å². The molecule has 0 amide bonds. The van der Waals surface area contributed by atoms with E-state index in [0.29, 0.717) is 6.04 Å². The molecule has 2 heterocycles. The van der Waals surface area contributed by atoms with Crippen molar-refractivity contribution < 1.29 is 14.2 Å². The van der Waals surface area contributed by atoms with Crippen molar-refractivity contribution in [1.82, 2.24) is 4.90 Å². The molecule has 2 aliphatic heterocycles. The topological polar surface area (TPSA) is 30.9 Å². The molecule has 1 unspecified atom stereocenters. The van der Waals surface area contributed by atoms with Crippen LogP contribution in [0.5, 0.6) is 0 Å². The van der Waals surface area contributed by atoms with Crippen LogP contribution in [0.25, 0.3) is 0 Å². The van der Waals surface area contributed by atoms with Gasteiger partial charge in [0.25, 0.3) is 0 Å². The Bertz CT molecular complexity index is 579. The zero-order valence-electron chi connectivity index (χ0n) is 16.0. The van der Waals surface area contributed by atoms with E-state index < -0.39 is 0 Å². The van der Waals surface area contributed by atoms with Gasteiger partial charge in [-0.2, -0.15) is 0 Å². The monoisotopic (exact) mass is 365 g/mol. The minimum atomic E-state index is 0.0427. The van der Waals surface area contributed by atoms with E-state index in [0.717, 1.165) is 49.7 Å². The average Bonchev–Trinajstić information content (AvgIpc) is 3.21. The third-order valence-corrected chi connectivity index (χ3v) is 7.68. The van der Waals surface area contributed by atoms with Gasteiger partial charge in [-0.1, -0.05) is 12.7 Å². The van der Waals surface area contributed by atoms with E-state index in [2.05, 4.69) is 24.6 Å². The Kier molecular flexibility index (Phi) is 5.57. The highest BCUT2D eigenvalue weighted by Gasteiger charge is 2.56. The van der Waals surface area contributed by atoms with Gasteiger partial charge >= 0.3 is 0 Å². The number of hydrogen-bond acceptors (Lipinski definition) is 5. The lowest BCUT2D eigenvalue weighted by atomic mass is 9.65. The molecule has 1 spiro atoms. The van der Waals surface area contributed by atoms with Gasteiger partial charge < -0.3 is 19.1 Å². The summed E-state index contributed by atoms with van der Waals surface area (Å²) in [7, 11) is 5.59. The summed E-state index contributed by atoms with van der Waals surface area (Å²) in [6, 6.07) is 0.502. The van der Waals surface area contributed by atoms with Crippen molar-refractivity contribution >= 4 is 11.8 Å². The van der Waals surface area contributed by atoms with Crippen LogP contribution in [-0.2, 0) is 14.2 Å². The number of methoxy groups -OCH3 is 2. The number of nitrogens with zero attached hydrogens (tertiary/aromatic N) is 1. The molecule has 1 saturated carbocycles. The molecule has 0 aromatic heterocycles. The van der Waals surface area contributed by atoms with E-state index in [1.165, 1.54) is 12.0 Å². The molecule has 3 atom stereocenters. The van der Waals surface area contributed by atoms with Crippen molar-refractivity contribution in [2.24, 2.45) is 5.41 Å². The Morgan fingerprint density at radius 1 is 1.24 bits per heavy atom. The fourth-order valence-corrected chi connectivity index (χ4v) is 5.87. The Morgan fingerprint density at radius 3 is 2.68 bits per heavy atom. The number of ether oxygens (including phenoxy) is 3. The van der Waals surface area contributed by atoms with E-state index in [1.807, 2.05) is 24.8 Å². The second-order valence-electron chi connectivity index (χ2n) is 7.40. The Labute approximate surface area is 156 Å². The first-order chi connectivity index (χ1) is 12.0. The summed E-state index contributed by atoms with van der Waals surface area (Å²) >= 11 is 2.02. The molecular formula is C20H31NO3S. The number of fused-ring (bicyclic) bond motifs is 1. The summed E-state index contributed by atoms with van der Waals surface area (Å²) in [6.45, 7) is 8.41. The van der Waals surface area contributed by atoms with Gasteiger partial charge in [-0.3, -0.25) is 0 Å². The highest BCUT2D eigenvalue weighted by atomic mass is 32.2. The molecule has 0 bridgehead atoms. The van der Waals surface area contributed by atoms with Crippen molar-refractivity contribution in [1.29, 1.82) is 0 Å². The predicted octanol–water partition coefficient (Wildman–Crippen LogP) is 3.96. The number of rotatable bonds is 5. The first-order valence-electron chi connectivity index (χ1n) is 9.11. The Morgan fingerprint density at radius 2 is 2.04 bits per heavy atom. The summed E-state index contributed by atoms with van der Waals surface area (Å²) in [5.74, 6) is 2.66. The van der Waals surface area contributed by atoms with E-state index in [9.17, 15) is 0 Å². The van der Waals surface area contributed by atoms with Gasteiger partial charge in [0, 0.05) is 23.6 Å². The maximum Gasteiger partial charge on any atom is 0.156 e. The summed E-state index contributed by atoms with van der Waals surface area (Å²) < 4.78 is 16.9. The average molecular weight is 366 g/mol. The molecule has 3 rings (SSSR count). The number of likely N-dealkylation sites (tertiary alicyclic amines) is 1. The first-order valence-corrected chi connectivity index (χ1v) is 10.1. The van der Waals surface area contributed by atoms with Crippen LogP contribution < -0.4 is 0 Å². The fraction of sp³-hybridized carbons (Fsp3) is 0.700. The first kappa shape index (κ1) is 18.9. The maximum atomic E-state index is 6.17. The third-order valence-electron chi connectivity index (χ3n) is 6.30. The van der Waals surface area contributed by atoms with Gasteiger partial charge in [-0.15, -0.1) is 11.8 Å². The van der Waals surface area contributed by atoms with Crippen LogP contribution in [0.1, 0.15) is 32.6 Å². The fourth-order valence-electron chi connectivity index (χ4n) is 4.64. The summed E-state index contributed by atoms with van der Waals surface area (Å²) in [4.78, 5) is 2.55. The molecule has 0 aromatic carbocycles. The molecule has 3 aliphatic rings. The summed E-state index contributed by atoms with van der Waals surface area (Å²) in [5, 5.41) is 0. The summed E-state index contributed by atoms with van der Waals surface area (Å²) in [6.07, 6.45) is 8.68. The Hall–Kier alpha value is -0.910. The quantitative estimate of drug-likeness (QED) is 0.544. The van der Waals surface area contributed by atoms with Gasteiger partial charge in [0.2, 0.25) is 0 Å². The largest absolute Gasteiger partial charge is 0.498 e. The highest BCUT2D eigenvalue weighted by Crippen LogP contribution is 2.57.